The molecule has 3 heterocycles. The van der Waals surface area contributed by atoms with Gasteiger partial charge in [0.15, 0.2) is 5.82 Å². The minimum Gasteiger partial charge on any atom is -0.377 e. The van der Waals surface area contributed by atoms with E-state index in [1.165, 1.54) is 42.5 Å². The number of carbonyl (C=O) groups is 1. The Morgan fingerprint density at radius 1 is 1.46 bits per heavy atom. The Balaban J connectivity index is 1.54. The van der Waals surface area contributed by atoms with Crippen molar-refractivity contribution in [3.63, 3.8) is 0 Å². The van der Waals surface area contributed by atoms with Crippen molar-refractivity contribution in [2.45, 2.75) is 25.3 Å². The number of hydrogen-bond donors (Lipinski definition) is 0. The van der Waals surface area contributed by atoms with Crippen LogP contribution < -0.4 is 0 Å². The number of rotatable bonds is 4. The van der Waals surface area contributed by atoms with Crippen molar-refractivity contribution in [1.29, 1.82) is 0 Å². The third-order valence-electron chi connectivity index (χ3n) is 4.48. The van der Waals surface area contributed by atoms with Crippen LogP contribution >= 0.6 is 11.3 Å². The monoisotopic (exact) mass is 347 g/mol. The molecule has 1 saturated heterocycles. The molecule has 5 nitrogen and oxygen atoms in total. The maximum Gasteiger partial charge on any atom is 0.273 e. The van der Waals surface area contributed by atoms with Gasteiger partial charge in [0.25, 0.3) is 5.91 Å². The molecule has 0 spiro atoms. The summed E-state index contributed by atoms with van der Waals surface area (Å²) in [5.74, 6) is 0.201. The molecule has 2 aromatic heterocycles. The summed E-state index contributed by atoms with van der Waals surface area (Å²) in [6.07, 6.45) is 5.02. The number of aromatic nitrogens is 2. The molecule has 1 unspecified atom stereocenters. The Morgan fingerprint density at radius 3 is 3.12 bits per heavy atom. The van der Waals surface area contributed by atoms with Crippen LogP contribution in [0.3, 0.4) is 0 Å². The van der Waals surface area contributed by atoms with Crippen molar-refractivity contribution >= 4 is 17.2 Å². The topological polar surface area (TPSA) is 55.3 Å². The highest BCUT2D eigenvalue weighted by atomic mass is 32.1. The van der Waals surface area contributed by atoms with E-state index in [1.54, 1.807) is 5.38 Å². The summed E-state index contributed by atoms with van der Waals surface area (Å²) in [5, 5.41) is 2.12. The zero-order valence-corrected chi connectivity index (χ0v) is 14.0. The van der Waals surface area contributed by atoms with Crippen LogP contribution in [0.2, 0.25) is 0 Å². The Bertz CT molecular complexity index is 747. The van der Waals surface area contributed by atoms with Crippen molar-refractivity contribution in [2.75, 3.05) is 19.8 Å². The molecule has 0 bridgehead atoms. The van der Waals surface area contributed by atoms with Crippen LogP contribution in [0.5, 0.6) is 0 Å². The third-order valence-corrected chi connectivity index (χ3v) is 5.32. The molecule has 1 atom stereocenters. The zero-order chi connectivity index (χ0) is 16.5. The molecule has 0 aromatic carbocycles. The van der Waals surface area contributed by atoms with Crippen LogP contribution in [-0.4, -0.2) is 46.6 Å². The second kappa shape index (κ2) is 6.57. The molecular weight excluding hydrogens is 329 g/mol. The average Bonchev–Trinajstić information content (AvgIpc) is 3.28. The Kier molecular flexibility index (Phi) is 4.28. The van der Waals surface area contributed by atoms with Gasteiger partial charge in [0.1, 0.15) is 16.4 Å². The molecule has 24 heavy (non-hydrogen) atoms. The number of nitrogens with zero attached hydrogens (tertiary/aromatic N) is 3. The minimum atomic E-state index is -0.427. The van der Waals surface area contributed by atoms with Crippen molar-refractivity contribution in [1.82, 2.24) is 14.9 Å². The SMILES string of the molecule is O=C(c1csc(-c2ncccc2F)n1)N1CCOCC1CC1CC1. The maximum absolute atomic E-state index is 13.8. The van der Waals surface area contributed by atoms with Gasteiger partial charge in [0.05, 0.1) is 19.3 Å². The molecule has 1 aliphatic heterocycles. The summed E-state index contributed by atoms with van der Waals surface area (Å²) >= 11 is 1.24. The van der Waals surface area contributed by atoms with E-state index in [0.717, 1.165) is 12.3 Å². The molecule has 1 aliphatic carbocycles. The summed E-state index contributed by atoms with van der Waals surface area (Å²) < 4.78 is 19.4. The maximum atomic E-state index is 13.8. The lowest BCUT2D eigenvalue weighted by Gasteiger charge is -2.35. The van der Waals surface area contributed by atoms with Gasteiger partial charge in [-0.15, -0.1) is 11.3 Å². The predicted molar refractivity (Wildman–Crippen MR) is 88.3 cm³/mol. The third kappa shape index (κ3) is 3.18. The van der Waals surface area contributed by atoms with Gasteiger partial charge in [-0.25, -0.2) is 9.37 Å². The van der Waals surface area contributed by atoms with Gasteiger partial charge in [-0.05, 0) is 24.5 Å². The molecule has 0 radical (unpaired) electrons. The number of pyridine rings is 1. The average molecular weight is 347 g/mol. The van der Waals surface area contributed by atoms with E-state index >= 15 is 0 Å². The fraction of sp³-hybridized carbons (Fsp3) is 0.471. The zero-order valence-electron chi connectivity index (χ0n) is 13.2. The number of halogens is 1. The number of ether oxygens (including phenoxy) is 1. The Labute approximate surface area is 143 Å². The molecule has 2 aliphatic rings. The van der Waals surface area contributed by atoms with Gasteiger partial charge in [-0.2, -0.15) is 0 Å². The molecule has 4 rings (SSSR count). The fourth-order valence-corrected chi connectivity index (χ4v) is 3.82. The van der Waals surface area contributed by atoms with Crippen LogP contribution in [0.15, 0.2) is 23.7 Å². The number of amides is 1. The lowest BCUT2D eigenvalue weighted by atomic mass is 10.1. The highest BCUT2D eigenvalue weighted by Crippen LogP contribution is 2.35. The summed E-state index contributed by atoms with van der Waals surface area (Å²) in [4.78, 5) is 23.1. The highest BCUT2D eigenvalue weighted by molar-refractivity contribution is 7.13. The lowest BCUT2D eigenvalue weighted by molar-refractivity contribution is -0.00594. The van der Waals surface area contributed by atoms with E-state index in [4.69, 9.17) is 4.74 Å². The second-order valence-corrected chi connectivity index (χ2v) is 7.14. The van der Waals surface area contributed by atoms with E-state index in [9.17, 15) is 9.18 Å². The lowest BCUT2D eigenvalue weighted by Crippen LogP contribution is -2.49. The smallest absolute Gasteiger partial charge is 0.273 e. The Morgan fingerprint density at radius 2 is 2.33 bits per heavy atom. The van der Waals surface area contributed by atoms with Crippen molar-refractivity contribution in [2.24, 2.45) is 5.92 Å². The summed E-state index contributed by atoms with van der Waals surface area (Å²) in [7, 11) is 0. The normalized spacial score (nSPS) is 21.0. The molecular formula is C17H18FN3O2S. The number of hydrogen-bond acceptors (Lipinski definition) is 5. The molecule has 0 N–H and O–H groups in total. The van der Waals surface area contributed by atoms with Gasteiger partial charge >= 0.3 is 0 Å². The number of morpholine rings is 1. The number of thiazole rings is 1. The summed E-state index contributed by atoms with van der Waals surface area (Å²) in [6.45, 7) is 1.73. The van der Waals surface area contributed by atoms with Gasteiger partial charge < -0.3 is 9.64 Å². The molecule has 2 fully saturated rings. The first-order valence-corrected chi connectivity index (χ1v) is 9.05. The van der Waals surface area contributed by atoms with Crippen LogP contribution in [0.25, 0.3) is 10.7 Å². The van der Waals surface area contributed by atoms with E-state index in [0.29, 0.717) is 30.5 Å². The van der Waals surface area contributed by atoms with Crippen LogP contribution in [-0.2, 0) is 4.74 Å². The van der Waals surface area contributed by atoms with E-state index in [1.807, 2.05) is 4.90 Å². The summed E-state index contributed by atoms with van der Waals surface area (Å²) in [6, 6.07) is 3.00. The standard InChI is InChI=1S/C17H18FN3O2S/c18-13-2-1-5-19-15(13)16-20-14(10-24-16)17(22)21-6-7-23-9-12(21)8-11-3-4-11/h1-2,5,10-12H,3-4,6-9H2. The van der Waals surface area contributed by atoms with Crippen molar-refractivity contribution in [3.8, 4) is 10.7 Å². The molecule has 126 valence electrons. The van der Waals surface area contributed by atoms with Gasteiger partial charge in [-0.1, -0.05) is 12.8 Å². The first-order chi connectivity index (χ1) is 11.7. The molecule has 1 amide bonds. The molecule has 1 saturated carbocycles. The van der Waals surface area contributed by atoms with Gasteiger partial charge in [-0.3, -0.25) is 9.78 Å². The Hall–Kier alpha value is -1.86. The van der Waals surface area contributed by atoms with E-state index < -0.39 is 5.82 Å². The predicted octanol–water partition coefficient (Wildman–Crippen LogP) is 2.99. The second-order valence-electron chi connectivity index (χ2n) is 6.28. The summed E-state index contributed by atoms with van der Waals surface area (Å²) in [5.41, 5.74) is 0.556. The molecule has 7 heteroatoms. The fourth-order valence-electron chi connectivity index (χ4n) is 3.03. The van der Waals surface area contributed by atoms with Crippen LogP contribution in [0, 0.1) is 11.7 Å². The van der Waals surface area contributed by atoms with E-state index in [2.05, 4.69) is 9.97 Å². The minimum absolute atomic E-state index is 0.0946. The largest absolute Gasteiger partial charge is 0.377 e. The van der Waals surface area contributed by atoms with Crippen molar-refractivity contribution in [3.05, 3.63) is 35.2 Å². The van der Waals surface area contributed by atoms with Crippen LogP contribution in [0.4, 0.5) is 4.39 Å². The highest BCUT2D eigenvalue weighted by Gasteiger charge is 2.34. The first kappa shape index (κ1) is 15.7. The molecule has 2 aromatic rings. The quantitative estimate of drug-likeness (QED) is 0.853. The number of carbonyl (C=O) groups excluding carboxylic acids is 1. The van der Waals surface area contributed by atoms with Gasteiger partial charge in [0, 0.05) is 18.1 Å². The van der Waals surface area contributed by atoms with Gasteiger partial charge in [0.2, 0.25) is 0 Å². The van der Waals surface area contributed by atoms with E-state index in [-0.39, 0.29) is 17.6 Å². The first-order valence-electron chi connectivity index (χ1n) is 8.17. The van der Waals surface area contributed by atoms with Crippen LogP contribution in [0.1, 0.15) is 29.8 Å². The van der Waals surface area contributed by atoms with Crippen molar-refractivity contribution < 1.29 is 13.9 Å².